The van der Waals surface area contributed by atoms with Crippen molar-refractivity contribution >= 4 is 34.7 Å². The predicted octanol–water partition coefficient (Wildman–Crippen LogP) is 3.16. The molecule has 0 radical (unpaired) electrons. The van der Waals surface area contributed by atoms with Crippen LogP contribution in [0.25, 0.3) is 5.65 Å². The van der Waals surface area contributed by atoms with Gasteiger partial charge in [-0.2, -0.15) is 9.61 Å². The van der Waals surface area contributed by atoms with E-state index in [1.54, 1.807) is 19.2 Å². The molecule has 0 unspecified atom stereocenters. The van der Waals surface area contributed by atoms with Gasteiger partial charge in [0.15, 0.2) is 11.4 Å². The van der Waals surface area contributed by atoms with Gasteiger partial charge in [-0.05, 0) is 12.1 Å². The van der Waals surface area contributed by atoms with Crippen molar-refractivity contribution in [2.45, 2.75) is 6.36 Å². The summed E-state index contributed by atoms with van der Waals surface area (Å²) in [5.74, 6) is 0.308. The summed E-state index contributed by atoms with van der Waals surface area (Å²) in [6.45, 7) is 0. The van der Waals surface area contributed by atoms with Crippen LogP contribution in [0, 0.1) is 0 Å². The molecular weight excluding hydrogens is 379 g/mol. The number of halogens is 3. The summed E-state index contributed by atoms with van der Waals surface area (Å²) in [6, 6.07) is 6.67. The zero-order valence-electron chi connectivity index (χ0n) is 14.8. The molecule has 2 aromatic heterocycles. The molecule has 0 bridgehead atoms. The number of urea groups is 1. The lowest BCUT2D eigenvalue weighted by molar-refractivity contribution is -0.274. The molecule has 0 aliphatic carbocycles. The molecule has 2 heterocycles. The van der Waals surface area contributed by atoms with E-state index in [1.165, 1.54) is 36.0 Å². The van der Waals surface area contributed by atoms with E-state index < -0.39 is 18.1 Å². The fraction of sp³-hybridized carbons (Fsp3) is 0.188. The van der Waals surface area contributed by atoms with Gasteiger partial charge in [-0.1, -0.05) is 12.1 Å². The van der Waals surface area contributed by atoms with Gasteiger partial charge in [-0.15, -0.1) is 13.2 Å². The SMILES string of the molecule is CNC(=O)Nc1cnn2c(NC)cc(Nc3ccccc3OC(F)(F)F)nc12. The smallest absolute Gasteiger partial charge is 0.404 e. The third kappa shape index (κ3) is 4.16. The second kappa shape index (κ2) is 7.50. The number of rotatable bonds is 5. The molecule has 4 N–H and O–H groups in total. The molecule has 12 heteroatoms. The molecule has 0 saturated heterocycles. The molecule has 0 saturated carbocycles. The molecule has 28 heavy (non-hydrogen) atoms. The van der Waals surface area contributed by atoms with Crippen molar-refractivity contribution in [1.82, 2.24) is 19.9 Å². The normalized spacial score (nSPS) is 11.2. The van der Waals surface area contributed by atoms with Crippen molar-refractivity contribution in [3.8, 4) is 5.75 Å². The number of amides is 2. The summed E-state index contributed by atoms with van der Waals surface area (Å²) in [4.78, 5) is 15.9. The highest BCUT2D eigenvalue weighted by atomic mass is 19.4. The number of benzene rings is 1. The summed E-state index contributed by atoms with van der Waals surface area (Å²) in [6.07, 6.45) is -3.43. The third-order valence-electron chi connectivity index (χ3n) is 3.58. The standard InChI is InChI=1S/C16H16F3N7O2/c1-20-13-7-12(23-9-5-3-4-6-11(9)28-16(17,18)19)25-14-10(8-22-26(13)14)24-15(27)21-2/h3-8,20H,1-2H3,(H,23,25)(H2,21,24,27). The van der Waals surface area contributed by atoms with Gasteiger partial charge in [0.05, 0.1) is 11.9 Å². The van der Waals surface area contributed by atoms with Crippen LogP contribution in [0.3, 0.4) is 0 Å². The molecule has 1 aromatic carbocycles. The molecular formula is C16H16F3N7O2. The molecule has 0 aliphatic heterocycles. The molecule has 3 aromatic rings. The number of ether oxygens (including phenoxy) is 1. The van der Waals surface area contributed by atoms with Crippen molar-refractivity contribution in [3.05, 3.63) is 36.5 Å². The van der Waals surface area contributed by atoms with Gasteiger partial charge in [0.1, 0.15) is 17.3 Å². The minimum atomic E-state index is -4.83. The lowest BCUT2D eigenvalue weighted by Gasteiger charge is -2.15. The molecule has 0 fully saturated rings. The fourth-order valence-corrected chi connectivity index (χ4v) is 2.40. The first-order valence-corrected chi connectivity index (χ1v) is 7.98. The Hall–Kier alpha value is -3.70. The van der Waals surface area contributed by atoms with Crippen molar-refractivity contribution in [2.24, 2.45) is 0 Å². The van der Waals surface area contributed by atoms with E-state index >= 15 is 0 Å². The Balaban J connectivity index is 2.00. The van der Waals surface area contributed by atoms with Crippen LogP contribution < -0.4 is 26.0 Å². The van der Waals surface area contributed by atoms with E-state index in [2.05, 4.69) is 36.1 Å². The Morgan fingerprint density at radius 3 is 2.61 bits per heavy atom. The van der Waals surface area contributed by atoms with Gasteiger partial charge < -0.3 is 26.0 Å². The number of aromatic nitrogens is 3. The number of nitrogens with one attached hydrogen (secondary N) is 4. The summed E-state index contributed by atoms with van der Waals surface area (Å²) in [7, 11) is 3.10. The minimum absolute atomic E-state index is 0.0686. The second-order valence-corrected chi connectivity index (χ2v) is 5.44. The topological polar surface area (TPSA) is 105 Å². The second-order valence-electron chi connectivity index (χ2n) is 5.44. The largest absolute Gasteiger partial charge is 0.573 e. The van der Waals surface area contributed by atoms with Crippen LogP contribution >= 0.6 is 0 Å². The Morgan fingerprint density at radius 2 is 1.93 bits per heavy atom. The van der Waals surface area contributed by atoms with Crippen molar-refractivity contribution in [2.75, 3.05) is 30.0 Å². The van der Waals surface area contributed by atoms with Crippen molar-refractivity contribution in [1.29, 1.82) is 0 Å². The molecule has 148 valence electrons. The van der Waals surface area contributed by atoms with E-state index in [0.29, 0.717) is 11.5 Å². The fourth-order valence-electron chi connectivity index (χ4n) is 2.40. The number of para-hydroxylation sites is 2. The Labute approximate surface area is 156 Å². The first kappa shape index (κ1) is 19.1. The van der Waals surface area contributed by atoms with Crippen LogP contribution in [0.1, 0.15) is 0 Å². The summed E-state index contributed by atoms with van der Waals surface area (Å²) < 4.78 is 43.3. The van der Waals surface area contributed by atoms with Crippen LogP contribution in [0.15, 0.2) is 36.5 Å². The van der Waals surface area contributed by atoms with Gasteiger partial charge in [0, 0.05) is 20.2 Å². The molecule has 0 atom stereocenters. The quantitative estimate of drug-likeness (QED) is 0.529. The first-order chi connectivity index (χ1) is 13.3. The van der Waals surface area contributed by atoms with Crippen LogP contribution in [0.5, 0.6) is 5.75 Å². The maximum atomic E-state index is 12.6. The van der Waals surface area contributed by atoms with Gasteiger partial charge in [0.25, 0.3) is 0 Å². The first-order valence-electron chi connectivity index (χ1n) is 7.98. The lowest BCUT2D eigenvalue weighted by Crippen LogP contribution is -2.24. The van der Waals surface area contributed by atoms with Crippen molar-refractivity contribution < 1.29 is 22.7 Å². The highest BCUT2D eigenvalue weighted by molar-refractivity contribution is 5.93. The zero-order valence-corrected chi connectivity index (χ0v) is 14.8. The Bertz CT molecular complexity index is 1000. The van der Waals surface area contributed by atoms with Crippen LogP contribution in [-0.2, 0) is 0 Å². The number of nitrogens with zero attached hydrogens (tertiary/aromatic N) is 3. The van der Waals surface area contributed by atoms with E-state index in [4.69, 9.17) is 0 Å². The van der Waals surface area contributed by atoms with Crippen LogP contribution in [-0.4, -0.2) is 41.1 Å². The number of carbonyl (C=O) groups excluding carboxylic acids is 1. The highest BCUT2D eigenvalue weighted by Gasteiger charge is 2.32. The molecule has 3 rings (SSSR count). The number of alkyl halides is 3. The third-order valence-corrected chi connectivity index (χ3v) is 3.58. The van der Waals surface area contributed by atoms with Crippen molar-refractivity contribution in [3.63, 3.8) is 0 Å². The van der Waals surface area contributed by atoms with Gasteiger partial charge in [0.2, 0.25) is 0 Å². The van der Waals surface area contributed by atoms with Gasteiger partial charge in [-0.25, -0.2) is 9.78 Å². The number of carbonyl (C=O) groups is 1. The number of anilines is 4. The lowest BCUT2D eigenvalue weighted by atomic mass is 10.3. The van der Waals surface area contributed by atoms with Crippen LogP contribution in [0.4, 0.5) is 41.0 Å². The van der Waals surface area contributed by atoms with Crippen LogP contribution in [0.2, 0.25) is 0 Å². The summed E-state index contributed by atoms with van der Waals surface area (Å²) in [5.41, 5.74) is 0.672. The monoisotopic (exact) mass is 395 g/mol. The minimum Gasteiger partial charge on any atom is -0.404 e. The average molecular weight is 395 g/mol. The number of fused-ring (bicyclic) bond motifs is 1. The van der Waals surface area contributed by atoms with E-state index in [-0.39, 0.29) is 17.2 Å². The molecule has 9 nitrogen and oxygen atoms in total. The molecule has 0 spiro atoms. The van der Waals surface area contributed by atoms with E-state index in [1.807, 2.05) is 0 Å². The highest BCUT2D eigenvalue weighted by Crippen LogP contribution is 2.32. The Morgan fingerprint density at radius 1 is 1.18 bits per heavy atom. The van der Waals surface area contributed by atoms with E-state index in [0.717, 1.165) is 0 Å². The summed E-state index contributed by atoms with van der Waals surface area (Å²) in [5, 5.41) is 14.8. The maximum Gasteiger partial charge on any atom is 0.573 e. The average Bonchev–Trinajstić information content (AvgIpc) is 3.04. The molecule has 0 aliphatic rings. The molecule has 2 amide bonds. The number of hydrogen-bond donors (Lipinski definition) is 4. The van der Waals surface area contributed by atoms with Gasteiger partial charge in [-0.3, -0.25) is 0 Å². The zero-order chi connectivity index (χ0) is 20.3. The van der Waals surface area contributed by atoms with E-state index in [9.17, 15) is 18.0 Å². The predicted molar refractivity (Wildman–Crippen MR) is 97.0 cm³/mol. The summed E-state index contributed by atoms with van der Waals surface area (Å²) >= 11 is 0. The number of hydrogen-bond acceptors (Lipinski definition) is 6. The maximum absolute atomic E-state index is 12.6. The Kier molecular flexibility index (Phi) is 5.11. The van der Waals surface area contributed by atoms with Gasteiger partial charge >= 0.3 is 12.4 Å².